The Bertz CT molecular complexity index is 738. The highest BCUT2D eigenvalue weighted by atomic mass is 19.1. The average Bonchev–Trinajstić information content (AvgIpc) is 2.64. The Morgan fingerprint density at radius 1 is 1.38 bits per heavy atom. The molecule has 0 aliphatic carbocycles. The van der Waals surface area contributed by atoms with Gasteiger partial charge in [-0.1, -0.05) is 24.8 Å². The lowest BCUT2D eigenvalue weighted by Crippen LogP contribution is -2.47. The van der Waals surface area contributed by atoms with Crippen LogP contribution in [0.3, 0.4) is 0 Å². The van der Waals surface area contributed by atoms with Gasteiger partial charge in [0.05, 0.1) is 6.54 Å². The largest absolute Gasteiger partial charge is 0.381 e. The Morgan fingerprint density at radius 2 is 2.12 bits per heavy atom. The molecule has 1 aromatic rings. The summed E-state index contributed by atoms with van der Waals surface area (Å²) in [6, 6.07) is 6.54. The molecular formula is C20H24FN3O2. The summed E-state index contributed by atoms with van der Waals surface area (Å²) in [5, 5.41) is 0. The standard InChI is InChI=1S/C20H24FN3O2/c1-3-22-20(16-8-10-26-11-9-16)23-12-15(2)24(19(25)14-23)13-17-6-4-5-7-18(17)21/h3-7,12,16H,1,8-11,13-14H2,2H3/b22-20-. The van der Waals surface area contributed by atoms with Gasteiger partial charge in [-0.3, -0.25) is 4.79 Å². The fourth-order valence-corrected chi connectivity index (χ4v) is 3.39. The number of amidine groups is 1. The third-order valence-corrected chi connectivity index (χ3v) is 4.77. The van der Waals surface area contributed by atoms with Crippen LogP contribution < -0.4 is 0 Å². The topological polar surface area (TPSA) is 45.1 Å². The van der Waals surface area contributed by atoms with Crippen LogP contribution in [0.2, 0.25) is 0 Å². The van der Waals surface area contributed by atoms with E-state index in [0.29, 0.717) is 18.8 Å². The summed E-state index contributed by atoms with van der Waals surface area (Å²) < 4.78 is 19.4. The molecule has 0 radical (unpaired) electrons. The van der Waals surface area contributed by atoms with Crippen molar-refractivity contribution in [1.29, 1.82) is 0 Å². The van der Waals surface area contributed by atoms with Crippen LogP contribution in [-0.2, 0) is 16.1 Å². The lowest BCUT2D eigenvalue weighted by Gasteiger charge is -2.36. The number of rotatable bonds is 4. The summed E-state index contributed by atoms with van der Waals surface area (Å²) in [6.45, 7) is 7.38. The zero-order valence-electron chi connectivity index (χ0n) is 15.0. The van der Waals surface area contributed by atoms with Crippen LogP contribution in [0, 0.1) is 11.7 Å². The van der Waals surface area contributed by atoms with Crippen molar-refractivity contribution >= 4 is 11.7 Å². The molecule has 0 atom stereocenters. The van der Waals surface area contributed by atoms with Gasteiger partial charge < -0.3 is 14.5 Å². The second-order valence-corrected chi connectivity index (χ2v) is 6.53. The maximum Gasteiger partial charge on any atom is 0.247 e. The minimum atomic E-state index is -0.299. The maximum atomic E-state index is 13.9. The zero-order chi connectivity index (χ0) is 18.5. The SMILES string of the molecule is C=C/N=C(/C1CCOCC1)N1C=C(C)N(Cc2ccccc2F)C(=O)C1. The molecule has 2 aliphatic heterocycles. The fourth-order valence-electron chi connectivity index (χ4n) is 3.39. The van der Waals surface area contributed by atoms with Crippen LogP contribution in [0.1, 0.15) is 25.3 Å². The van der Waals surface area contributed by atoms with Gasteiger partial charge in [-0.2, -0.15) is 0 Å². The predicted molar refractivity (Wildman–Crippen MR) is 98.6 cm³/mol. The molecule has 0 saturated carbocycles. The number of ether oxygens (including phenoxy) is 1. The Morgan fingerprint density at radius 3 is 2.77 bits per heavy atom. The van der Waals surface area contributed by atoms with Crippen LogP contribution in [0.15, 0.2) is 53.9 Å². The van der Waals surface area contributed by atoms with Crippen molar-refractivity contribution < 1.29 is 13.9 Å². The maximum absolute atomic E-state index is 13.9. The number of carbonyl (C=O) groups is 1. The highest BCUT2D eigenvalue weighted by Gasteiger charge is 2.30. The van der Waals surface area contributed by atoms with Gasteiger partial charge in [0.1, 0.15) is 18.2 Å². The third-order valence-electron chi connectivity index (χ3n) is 4.77. The monoisotopic (exact) mass is 357 g/mol. The van der Waals surface area contributed by atoms with E-state index in [1.165, 1.54) is 12.3 Å². The molecule has 1 aromatic carbocycles. The normalized spacial score (nSPS) is 19.5. The van der Waals surface area contributed by atoms with Crippen molar-refractivity contribution in [3.63, 3.8) is 0 Å². The van der Waals surface area contributed by atoms with Gasteiger partial charge in [-0.15, -0.1) is 0 Å². The number of hydrogen-bond donors (Lipinski definition) is 0. The molecule has 3 rings (SSSR count). The molecule has 2 heterocycles. The number of hydrogen-bond acceptors (Lipinski definition) is 3. The molecular weight excluding hydrogens is 333 g/mol. The molecule has 0 bridgehead atoms. The lowest BCUT2D eigenvalue weighted by atomic mass is 9.97. The highest BCUT2D eigenvalue weighted by molar-refractivity contribution is 5.92. The van der Waals surface area contributed by atoms with Crippen LogP contribution in [0.4, 0.5) is 4.39 Å². The predicted octanol–water partition coefficient (Wildman–Crippen LogP) is 3.30. The summed E-state index contributed by atoms with van der Waals surface area (Å²) >= 11 is 0. The number of carbonyl (C=O) groups excluding carboxylic acids is 1. The quantitative estimate of drug-likeness (QED) is 0.613. The first-order chi connectivity index (χ1) is 12.6. The molecule has 138 valence electrons. The molecule has 0 spiro atoms. The Hall–Kier alpha value is -2.47. The first-order valence-electron chi connectivity index (χ1n) is 8.85. The van der Waals surface area contributed by atoms with Crippen LogP contribution in [-0.4, -0.2) is 41.3 Å². The van der Waals surface area contributed by atoms with Gasteiger partial charge in [0.25, 0.3) is 0 Å². The van der Waals surface area contributed by atoms with Gasteiger partial charge in [0.15, 0.2) is 0 Å². The van der Waals surface area contributed by atoms with Crippen LogP contribution >= 0.6 is 0 Å². The van der Waals surface area contributed by atoms with E-state index in [0.717, 1.165) is 24.4 Å². The van der Waals surface area contributed by atoms with Gasteiger partial charge >= 0.3 is 0 Å². The molecule has 2 aliphatic rings. The molecule has 26 heavy (non-hydrogen) atoms. The number of allylic oxidation sites excluding steroid dienone is 1. The molecule has 1 fully saturated rings. The van der Waals surface area contributed by atoms with Crippen LogP contribution in [0.25, 0.3) is 0 Å². The van der Waals surface area contributed by atoms with E-state index in [2.05, 4.69) is 11.6 Å². The molecule has 5 nitrogen and oxygen atoms in total. The van der Waals surface area contributed by atoms with E-state index >= 15 is 0 Å². The smallest absolute Gasteiger partial charge is 0.247 e. The summed E-state index contributed by atoms with van der Waals surface area (Å²) in [7, 11) is 0. The summed E-state index contributed by atoms with van der Waals surface area (Å²) in [6.07, 6.45) is 5.19. The Balaban J connectivity index is 1.80. The van der Waals surface area contributed by atoms with Gasteiger partial charge in [0.2, 0.25) is 5.91 Å². The van der Waals surface area contributed by atoms with Crippen molar-refractivity contribution in [2.75, 3.05) is 19.8 Å². The van der Waals surface area contributed by atoms with Crippen molar-refractivity contribution in [2.45, 2.75) is 26.3 Å². The average molecular weight is 357 g/mol. The van der Waals surface area contributed by atoms with E-state index < -0.39 is 0 Å². The molecule has 1 saturated heterocycles. The van der Waals surface area contributed by atoms with E-state index in [1.54, 1.807) is 23.1 Å². The minimum Gasteiger partial charge on any atom is -0.381 e. The summed E-state index contributed by atoms with van der Waals surface area (Å²) in [4.78, 5) is 20.7. The molecule has 0 unspecified atom stereocenters. The summed E-state index contributed by atoms with van der Waals surface area (Å²) in [5.74, 6) is 0.724. The minimum absolute atomic E-state index is 0.0722. The number of amides is 1. The van der Waals surface area contributed by atoms with E-state index in [4.69, 9.17) is 4.74 Å². The van der Waals surface area contributed by atoms with Gasteiger partial charge in [-0.05, 0) is 25.8 Å². The van der Waals surface area contributed by atoms with Crippen LogP contribution in [0.5, 0.6) is 0 Å². The molecule has 0 aromatic heterocycles. The second kappa shape index (κ2) is 8.27. The van der Waals surface area contributed by atoms with E-state index in [1.807, 2.05) is 18.0 Å². The second-order valence-electron chi connectivity index (χ2n) is 6.53. The number of nitrogens with zero attached hydrogens (tertiary/aromatic N) is 3. The Kier molecular flexibility index (Phi) is 5.83. The molecule has 6 heteroatoms. The van der Waals surface area contributed by atoms with Gasteiger partial charge in [0, 0.05) is 42.8 Å². The summed E-state index contributed by atoms with van der Waals surface area (Å²) in [5.41, 5.74) is 1.28. The first kappa shape index (κ1) is 18.3. The first-order valence-corrected chi connectivity index (χ1v) is 8.85. The van der Waals surface area contributed by atoms with E-state index in [9.17, 15) is 9.18 Å². The zero-order valence-corrected chi connectivity index (χ0v) is 15.0. The van der Waals surface area contributed by atoms with E-state index in [-0.39, 0.29) is 30.7 Å². The molecule has 1 amide bonds. The van der Waals surface area contributed by atoms with Crippen molar-refractivity contribution in [3.05, 3.63) is 60.3 Å². The van der Waals surface area contributed by atoms with Crippen molar-refractivity contribution in [1.82, 2.24) is 9.80 Å². The van der Waals surface area contributed by atoms with Crippen molar-refractivity contribution in [2.24, 2.45) is 10.9 Å². The number of benzene rings is 1. The van der Waals surface area contributed by atoms with Crippen molar-refractivity contribution in [3.8, 4) is 0 Å². The molecule has 0 N–H and O–H groups in total. The number of halogens is 1. The lowest BCUT2D eigenvalue weighted by molar-refractivity contribution is -0.130. The number of aliphatic imine (C=N–C) groups is 1. The fraction of sp³-hybridized carbons (Fsp3) is 0.400. The Labute approximate surface area is 153 Å². The third kappa shape index (κ3) is 4.02. The van der Waals surface area contributed by atoms with Gasteiger partial charge in [-0.25, -0.2) is 9.38 Å². The highest BCUT2D eigenvalue weighted by Crippen LogP contribution is 2.24.